The van der Waals surface area contributed by atoms with E-state index >= 15 is 0 Å². The van der Waals surface area contributed by atoms with Crippen LogP contribution in [0, 0.1) is 0 Å². The highest BCUT2D eigenvalue weighted by Gasteiger charge is 2.31. The Bertz CT molecular complexity index is 899. The Morgan fingerprint density at radius 2 is 0.766 bits per heavy atom. The van der Waals surface area contributed by atoms with Crippen LogP contribution in [-0.4, -0.2) is 36.0 Å². The van der Waals surface area contributed by atoms with Gasteiger partial charge in [-0.05, 0) is 32.1 Å². The summed E-state index contributed by atoms with van der Waals surface area (Å²) in [5.74, 6) is -0.600. The van der Waals surface area contributed by atoms with Crippen LogP contribution in [0.5, 0.6) is 23.0 Å². The summed E-state index contributed by atoms with van der Waals surface area (Å²) in [7, 11) is 0. The molecule has 0 atom stereocenters. The maximum absolute atomic E-state index is 12.7. The molecule has 0 bridgehead atoms. The highest BCUT2D eigenvalue weighted by molar-refractivity contribution is 5.97. The van der Waals surface area contributed by atoms with E-state index < -0.39 is 5.97 Å². The van der Waals surface area contributed by atoms with E-state index in [-0.39, 0.29) is 22.8 Å². The van der Waals surface area contributed by atoms with Gasteiger partial charge in [0.2, 0.25) is 0 Å². The molecule has 1 rings (SSSR count). The second kappa shape index (κ2) is 30.0. The third kappa shape index (κ3) is 19.5. The number of carbonyl (C=O) groups is 1. The van der Waals surface area contributed by atoms with Crippen molar-refractivity contribution in [3.05, 3.63) is 11.1 Å². The molecule has 2 N–H and O–H groups in total. The molecule has 0 aliphatic carbocycles. The zero-order valence-electron chi connectivity index (χ0n) is 31.2. The normalized spacial score (nSPS) is 11.2. The number of hydrogen-bond donors (Lipinski definition) is 2. The highest BCUT2D eigenvalue weighted by atomic mass is 16.5. The van der Waals surface area contributed by atoms with E-state index in [9.17, 15) is 15.0 Å². The van der Waals surface area contributed by atoms with Gasteiger partial charge in [-0.15, -0.1) is 0 Å². The molecule has 0 radical (unpaired) electrons. The van der Waals surface area contributed by atoms with Gasteiger partial charge in [0.15, 0.2) is 28.6 Å². The minimum absolute atomic E-state index is 0.177. The molecule has 0 aromatic heterocycles. The van der Waals surface area contributed by atoms with E-state index in [4.69, 9.17) is 14.2 Å². The van der Waals surface area contributed by atoms with E-state index in [0.717, 1.165) is 63.4 Å². The van der Waals surface area contributed by atoms with Gasteiger partial charge in [-0.25, -0.2) is 4.79 Å². The van der Waals surface area contributed by atoms with Gasteiger partial charge in [0.1, 0.15) is 0 Å². The van der Waals surface area contributed by atoms with Crippen molar-refractivity contribution in [2.45, 2.75) is 201 Å². The molecule has 0 aliphatic heterocycles. The maximum atomic E-state index is 12.7. The van der Waals surface area contributed by atoms with Crippen LogP contribution >= 0.6 is 0 Å². The number of unbranched alkanes of at least 4 members (excludes halogenated alkanes) is 22. The molecule has 0 amide bonds. The molecule has 0 fully saturated rings. The zero-order valence-corrected chi connectivity index (χ0v) is 31.2. The quantitative estimate of drug-likeness (QED) is 0.0714. The Morgan fingerprint density at radius 3 is 1.15 bits per heavy atom. The van der Waals surface area contributed by atoms with Crippen molar-refractivity contribution < 1.29 is 29.2 Å². The summed E-state index contributed by atoms with van der Waals surface area (Å²) in [6, 6.07) is 0. The summed E-state index contributed by atoms with van der Waals surface area (Å²) in [6.07, 6.45) is 30.4. The van der Waals surface area contributed by atoms with E-state index in [0.29, 0.717) is 32.0 Å². The van der Waals surface area contributed by atoms with Crippen LogP contribution in [0.2, 0.25) is 0 Å². The number of aromatic carboxylic acids is 1. The first-order valence-electron chi connectivity index (χ1n) is 20.1. The predicted molar refractivity (Wildman–Crippen MR) is 198 cm³/mol. The lowest BCUT2D eigenvalue weighted by Crippen LogP contribution is -2.13. The first kappa shape index (κ1) is 42.9. The molecule has 0 unspecified atom stereocenters. The van der Waals surface area contributed by atoms with Crippen molar-refractivity contribution in [2.75, 3.05) is 19.8 Å². The van der Waals surface area contributed by atoms with Crippen LogP contribution in [0.4, 0.5) is 0 Å². The molecule has 274 valence electrons. The van der Waals surface area contributed by atoms with Gasteiger partial charge in [-0.1, -0.05) is 169 Å². The van der Waals surface area contributed by atoms with Gasteiger partial charge in [-0.3, -0.25) is 0 Å². The molecular formula is C41H74O6. The zero-order chi connectivity index (χ0) is 34.4. The molecule has 0 heterocycles. The minimum Gasteiger partial charge on any atom is -0.504 e. The van der Waals surface area contributed by atoms with Crippen molar-refractivity contribution in [3.63, 3.8) is 0 Å². The Labute approximate surface area is 289 Å². The maximum Gasteiger partial charge on any atom is 0.343 e. The number of benzene rings is 1. The van der Waals surface area contributed by atoms with Crippen molar-refractivity contribution in [1.82, 2.24) is 0 Å². The van der Waals surface area contributed by atoms with Crippen molar-refractivity contribution in [1.29, 1.82) is 0 Å². The molecule has 0 saturated carbocycles. The van der Waals surface area contributed by atoms with E-state index in [1.54, 1.807) is 0 Å². The first-order chi connectivity index (χ1) is 23.0. The molecule has 1 aromatic carbocycles. The molecule has 0 saturated heterocycles. The standard InChI is InChI=1S/C41H74O6/c1-5-9-13-17-21-23-27-31-35-38(45-32-28-26-22-18-14-10-6-2)37(42)36(41(43)44)40(47-34-30-25-20-16-12-8-4)39(35)46-33-29-24-19-15-11-7-3/h42H,5-34H2,1-4H3,(H,43,44). The number of carboxylic acid groups (broad SMARTS) is 1. The van der Waals surface area contributed by atoms with Gasteiger partial charge in [0.05, 0.1) is 19.8 Å². The smallest absolute Gasteiger partial charge is 0.343 e. The molecule has 0 aliphatic rings. The summed E-state index contributed by atoms with van der Waals surface area (Å²) >= 11 is 0. The lowest BCUT2D eigenvalue weighted by atomic mass is 9.99. The second-order valence-electron chi connectivity index (χ2n) is 13.6. The lowest BCUT2D eigenvalue weighted by Gasteiger charge is -2.23. The predicted octanol–water partition coefficient (Wildman–Crippen LogP) is 13.0. The second-order valence-corrected chi connectivity index (χ2v) is 13.6. The monoisotopic (exact) mass is 663 g/mol. The van der Waals surface area contributed by atoms with Crippen molar-refractivity contribution in [3.8, 4) is 23.0 Å². The average Bonchev–Trinajstić information content (AvgIpc) is 3.06. The molecule has 1 aromatic rings. The van der Waals surface area contributed by atoms with Gasteiger partial charge in [0, 0.05) is 5.56 Å². The molecular weight excluding hydrogens is 588 g/mol. The van der Waals surface area contributed by atoms with Crippen molar-refractivity contribution in [2.24, 2.45) is 0 Å². The number of ether oxygens (including phenoxy) is 3. The summed E-state index contributed by atoms with van der Waals surface area (Å²) in [5, 5.41) is 21.9. The van der Waals surface area contributed by atoms with Crippen LogP contribution in [-0.2, 0) is 6.42 Å². The Morgan fingerprint density at radius 1 is 0.447 bits per heavy atom. The number of phenols is 1. The first-order valence-corrected chi connectivity index (χ1v) is 20.1. The number of aromatic hydroxyl groups is 1. The van der Waals surface area contributed by atoms with Crippen LogP contribution in [0.3, 0.4) is 0 Å². The molecule has 0 spiro atoms. The highest BCUT2D eigenvalue weighted by Crippen LogP contribution is 2.49. The summed E-state index contributed by atoms with van der Waals surface area (Å²) in [4.78, 5) is 12.7. The number of rotatable bonds is 34. The number of hydrogen-bond acceptors (Lipinski definition) is 5. The minimum atomic E-state index is -1.21. The largest absolute Gasteiger partial charge is 0.504 e. The summed E-state index contributed by atoms with van der Waals surface area (Å²) in [6.45, 7) is 10.2. The fourth-order valence-corrected chi connectivity index (χ4v) is 6.19. The lowest BCUT2D eigenvalue weighted by molar-refractivity contribution is 0.0686. The topological polar surface area (TPSA) is 85.2 Å². The molecule has 6 heteroatoms. The van der Waals surface area contributed by atoms with Gasteiger partial charge in [0.25, 0.3) is 0 Å². The van der Waals surface area contributed by atoms with E-state index in [2.05, 4.69) is 27.7 Å². The number of carboxylic acids is 1. The van der Waals surface area contributed by atoms with Crippen LogP contribution in [0.15, 0.2) is 0 Å². The third-order valence-corrected chi connectivity index (χ3v) is 9.16. The van der Waals surface area contributed by atoms with Gasteiger partial charge in [-0.2, -0.15) is 0 Å². The van der Waals surface area contributed by atoms with Gasteiger partial charge < -0.3 is 24.4 Å². The van der Waals surface area contributed by atoms with E-state index in [1.165, 1.54) is 109 Å². The van der Waals surface area contributed by atoms with E-state index in [1.807, 2.05) is 0 Å². The Balaban J connectivity index is 3.26. The Kier molecular flexibility index (Phi) is 27.4. The summed E-state index contributed by atoms with van der Waals surface area (Å²) in [5.41, 5.74) is 0.541. The SMILES string of the molecule is CCCCCCCCCOc1c(O)c(C(=O)O)c(OCCCCCCCC)c(OCCCCCCCC)c1CCCCCCCCC. The summed E-state index contributed by atoms with van der Waals surface area (Å²) < 4.78 is 19.0. The van der Waals surface area contributed by atoms with Crippen LogP contribution < -0.4 is 14.2 Å². The Hall–Kier alpha value is -2.11. The van der Waals surface area contributed by atoms with Crippen LogP contribution in [0.25, 0.3) is 0 Å². The fourth-order valence-electron chi connectivity index (χ4n) is 6.19. The van der Waals surface area contributed by atoms with Gasteiger partial charge >= 0.3 is 5.97 Å². The fraction of sp³-hybridized carbons (Fsp3) is 0.829. The third-order valence-electron chi connectivity index (χ3n) is 9.16. The molecule has 6 nitrogen and oxygen atoms in total. The van der Waals surface area contributed by atoms with Crippen LogP contribution in [0.1, 0.15) is 211 Å². The van der Waals surface area contributed by atoms with Crippen molar-refractivity contribution >= 4 is 5.97 Å². The molecule has 47 heavy (non-hydrogen) atoms. The average molecular weight is 663 g/mol.